The Morgan fingerprint density at radius 3 is 2.63 bits per heavy atom. The van der Waals surface area contributed by atoms with E-state index in [-0.39, 0.29) is 24.3 Å². The molecule has 7 heteroatoms. The molecule has 0 saturated heterocycles. The normalized spacial score (nSPS) is 11.2. The van der Waals surface area contributed by atoms with Gasteiger partial charge in [0.1, 0.15) is 11.5 Å². The molecule has 106 valence electrons. The number of ether oxygens (including phenoxy) is 1. The van der Waals surface area contributed by atoms with Crippen molar-refractivity contribution in [1.82, 2.24) is 5.32 Å². The van der Waals surface area contributed by atoms with E-state index >= 15 is 0 Å². The molecule has 0 unspecified atom stereocenters. The number of phenols is 1. The highest BCUT2D eigenvalue weighted by Crippen LogP contribution is 2.23. The fraction of sp³-hybridized carbons (Fsp3) is 0.417. The summed E-state index contributed by atoms with van der Waals surface area (Å²) in [7, 11) is 1.41. The maximum absolute atomic E-state index is 11.9. The van der Waals surface area contributed by atoms with Crippen LogP contribution in [-0.4, -0.2) is 30.8 Å². The first kappa shape index (κ1) is 15.1. The van der Waals surface area contributed by atoms with Gasteiger partial charge in [-0.1, -0.05) is 0 Å². The van der Waals surface area contributed by atoms with Gasteiger partial charge in [0.05, 0.1) is 12.7 Å². The smallest absolute Gasteiger partial charge is 0.389 e. The largest absolute Gasteiger partial charge is 0.507 e. The first-order chi connectivity index (χ1) is 8.83. The van der Waals surface area contributed by atoms with E-state index in [1.165, 1.54) is 25.3 Å². The molecule has 0 aliphatic heterocycles. The third-order valence-corrected chi connectivity index (χ3v) is 2.37. The van der Waals surface area contributed by atoms with Crippen molar-refractivity contribution in [3.8, 4) is 11.5 Å². The van der Waals surface area contributed by atoms with Crippen molar-refractivity contribution in [2.45, 2.75) is 19.0 Å². The van der Waals surface area contributed by atoms with E-state index in [1.54, 1.807) is 0 Å². The van der Waals surface area contributed by atoms with Gasteiger partial charge in [-0.3, -0.25) is 4.79 Å². The third-order valence-electron chi connectivity index (χ3n) is 2.37. The molecule has 0 spiro atoms. The Balaban J connectivity index is 2.50. The zero-order chi connectivity index (χ0) is 14.5. The molecule has 0 fully saturated rings. The zero-order valence-electron chi connectivity index (χ0n) is 10.3. The van der Waals surface area contributed by atoms with Gasteiger partial charge in [-0.15, -0.1) is 0 Å². The SMILES string of the molecule is COc1ccc(C(=O)NCCCC(F)(F)F)c(O)c1. The Morgan fingerprint density at radius 2 is 2.11 bits per heavy atom. The topological polar surface area (TPSA) is 58.6 Å². The lowest BCUT2D eigenvalue weighted by Crippen LogP contribution is -2.25. The summed E-state index contributed by atoms with van der Waals surface area (Å²) in [6.45, 7) is -0.107. The molecule has 2 N–H and O–H groups in total. The quantitative estimate of drug-likeness (QED) is 0.813. The van der Waals surface area contributed by atoms with Crippen LogP contribution in [0.3, 0.4) is 0 Å². The predicted octanol–water partition coefficient (Wildman–Crippen LogP) is 2.47. The monoisotopic (exact) mass is 277 g/mol. The highest BCUT2D eigenvalue weighted by molar-refractivity contribution is 5.96. The zero-order valence-corrected chi connectivity index (χ0v) is 10.3. The number of halogens is 3. The molecule has 4 nitrogen and oxygen atoms in total. The van der Waals surface area contributed by atoms with Gasteiger partial charge < -0.3 is 15.2 Å². The van der Waals surface area contributed by atoms with Crippen LogP contribution in [0.5, 0.6) is 11.5 Å². The summed E-state index contributed by atoms with van der Waals surface area (Å²) >= 11 is 0. The van der Waals surface area contributed by atoms with Crippen molar-refractivity contribution in [2.75, 3.05) is 13.7 Å². The van der Waals surface area contributed by atoms with E-state index in [9.17, 15) is 23.1 Å². The van der Waals surface area contributed by atoms with E-state index in [0.717, 1.165) is 0 Å². The number of rotatable bonds is 5. The highest BCUT2D eigenvalue weighted by atomic mass is 19.4. The van der Waals surface area contributed by atoms with Gasteiger partial charge >= 0.3 is 6.18 Å². The fourth-order valence-electron chi connectivity index (χ4n) is 1.42. The summed E-state index contributed by atoms with van der Waals surface area (Å²) in [5, 5.41) is 11.9. The van der Waals surface area contributed by atoms with Gasteiger partial charge in [0, 0.05) is 19.0 Å². The molecule has 1 rings (SSSR count). The van der Waals surface area contributed by atoms with Crippen molar-refractivity contribution in [3.63, 3.8) is 0 Å². The van der Waals surface area contributed by atoms with Crippen LogP contribution >= 0.6 is 0 Å². The average Bonchev–Trinajstić information content (AvgIpc) is 2.33. The number of methoxy groups -OCH3 is 1. The molecule has 0 aromatic heterocycles. The van der Waals surface area contributed by atoms with E-state index in [1.807, 2.05) is 0 Å². The summed E-state index contributed by atoms with van der Waals surface area (Å²) in [5.74, 6) is -0.527. The van der Waals surface area contributed by atoms with Crippen molar-refractivity contribution >= 4 is 5.91 Å². The van der Waals surface area contributed by atoms with Crippen LogP contribution in [0.1, 0.15) is 23.2 Å². The number of alkyl halides is 3. The Bertz CT molecular complexity index is 446. The summed E-state index contributed by atoms with van der Waals surface area (Å²) < 4.78 is 40.5. The lowest BCUT2D eigenvalue weighted by atomic mass is 10.1. The number of carbonyl (C=O) groups excluding carboxylic acids is 1. The van der Waals surface area contributed by atoms with Crippen LogP contribution in [0.25, 0.3) is 0 Å². The molecule has 1 aromatic rings. The Labute approximate surface area is 108 Å². The molecule has 0 aliphatic rings. The van der Waals surface area contributed by atoms with Crippen LogP contribution in [0, 0.1) is 0 Å². The van der Waals surface area contributed by atoms with Crippen molar-refractivity contribution in [1.29, 1.82) is 0 Å². The summed E-state index contributed by atoms with van der Waals surface area (Å²) in [6, 6.07) is 4.07. The number of hydrogen-bond acceptors (Lipinski definition) is 3. The standard InChI is InChI=1S/C12H14F3NO3/c1-19-8-3-4-9(10(17)7-8)11(18)16-6-2-5-12(13,14)15/h3-4,7,17H,2,5-6H2,1H3,(H,16,18). The van der Waals surface area contributed by atoms with Gasteiger partial charge in [-0.2, -0.15) is 13.2 Å². The minimum atomic E-state index is -4.23. The first-order valence-corrected chi connectivity index (χ1v) is 5.55. The molecule has 1 aromatic carbocycles. The second-order valence-electron chi connectivity index (χ2n) is 3.86. The van der Waals surface area contributed by atoms with Crippen molar-refractivity contribution < 1.29 is 27.8 Å². The number of hydrogen-bond donors (Lipinski definition) is 2. The maximum atomic E-state index is 11.9. The van der Waals surface area contributed by atoms with Crippen LogP contribution < -0.4 is 10.1 Å². The summed E-state index contributed by atoms with van der Waals surface area (Å²) in [4.78, 5) is 11.6. The van der Waals surface area contributed by atoms with Crippen LogP contribution in [0.4, 0.5) is 13.2 Å². The number of phenolic OH excluding ortho intramolecular Hbond substituents is 1. The minimum Gasteiger partial charge on any atom is -0.507 e. The number of nitrogens with one attached hydrogen (secondary N) is 1. The second-order valence-corrected chi connectivity index (χ2v) is 3.86. The van der Waals surface area contributed by atoms with E-state index in [0.29, 0.717) is 5.75 Å². The first-order valence-electron chi connectivity index (χ1n) is 5.55. The molecule has 0 bridgehead atoms. The average molecular weight is 277 g/mol. The van der Waals surface area contributed by atoms with Gasteiger partial charge in [0.15, 0.2) is 0 Å². The van der Waals surface area contributed by atoms with E-state index < -0.39 is 18.5 Å². The van der Waals surface area contributed by atoms with E-state index in [2.05, 4.69) is 5.32 Å². The molecular formula is C12H14F3NO3. The Hall–Kier alpha value is -1.92. The van der Waals surface area contributed by atoms with Gasteiger partial charge in [0.25, 0.3) is 5.91 Å². The summed E-state index contributed by atoms with van der Waals surface area (Å²) in [5.41, 5.74) is -0.00666. The summed E-state index contributed by atoms with van der Waals surface area (Å²) in [6.07, 6.45) is -5.39. The maximum Gasteiger partial charge on any atom is 0.389 e. The molecule has 0 radical (unpaired) electrons. The Morgan fingerprint density at radius 1 is 1.42 bits per heavy atom. The third kappa shape index (κ3) is 5.07. The number of amides is 1. The van der Waals surface area contributed by atoms with Crippen molar-refractivity contribution in [3.05, 3.63) is 23.8 Å². The fourth-order valence-corrected chi connectivity index (χ4v) is 1.42. The predicted molar refractivity (Wildman–Crippen MR) is 62.3 cm³/mol. The highest BCUT2D eigenvalue weighted by Gasteiger charge is 2.26. The number of benzene rings is 1. The molecule has 0 aliphatic carbocycles. The molecular weight excluding hydrogens is 263 g/mol. The van der Waals surface area contributed by atoms with Gasteiger partial charge in [-0.05, 0) is 18.6 Å². The lowest BCUT2D eigenvalue weighted by Gasteiger charge is -2.09. The molecule has 1 amide bonds. The van der Waals surface area contributed by atoms with Crippen LogP contribution in [-0.2, 0) is 0 Å². The van der Waals surface area contributed by atoms with Crippen molar-refractivity contribution in [2.24, 2.45) is 0 Å². The van der Waals surface area contributed by atoms with E-state index in [4.69, 9.17) is 4.74 Å². The molecule has 0 atom stereocenters. The minimum absolute atomic E-state index is 0.00666. The van der Waals surface area contributed by atoms with Gasteiger partial charge in [-0.25, -0.2) is 0 Å². The van der Waals surface area contributed by atoms with Crippen LogP contribution in [0.15, 0.2) is 18.2 Å². The number of carbonyl (C=O) groups is 1. The Kier molecular flexibility index (Phi) is 5.02. The molecule has 19 heavy (non-hydrogen) atoms. The van der Waals surface area contributed by atoms with Gasteiger partial charge in [0.2, 0.25) is 0 Å². The van der Waals surface area contributed by atoms with Crippen LogP contribution in [0.2, 0.25) is 0 Å². The molecule has 0 saturated carbocycles. The second kappa shape index (κ2) is 6.31. The number of aromatic hydroxyl groups is 1. The molecule has 0 heterocycles. The lowest BCUT2D eigenvalue weighted by molar-refractivity contribution is -0.135.